The summed E-state index contributed by atoms with van der Waals surface area (Å²) in [5.41, 5.74) is 1.06. The van der Waals surface area contributed by atoms with Gasteiger partial charge >= 0.3 is 0 Å². The zero-order valence-electron chi connectivity index (χ0n) is 11.0. The molecule has 1 atom stereocenters. The third-order valence-electron chi connectivity index (χ3n) is 2.72. The minimum atomic E-state index is 0.437. The summed E-state index contributed by atoms with van der Waals surface area (Å²) in [4.78, 5) is 0. The van der Waals surface area contributed by atoms with Gasteiger partial charge in [0.25, 0.3) is 0 Å². The molecule has 102 valence electrons. The van der Waals surface area contributed by atoms with Crippen LogP contribution in [0.5, 0.6) is 0 Å². The molecule has 0 amide bonds. The summed E-state index contributed by atoms with van der Waals surface area (Å²) in [6.45, 7) is 5.40. The van der Waals surface area contributed by atoms with Gasteiger partial charge in [0.15, 0.2) is 0 Å². The molecule has 0 spiro atoms. The number of hydrogen-bond acceptors (Lipinski definition) is 2. The Labute approximate surface area is 125 Å². The monoisotopic (exact) mass is 305 g/mol. The molecule has 0 saturated carbocycles. The van der Waals surface area contributed by atoms with Crippen molar-refractivity contribution in [3.63, 3.8) is 0 Å². The number of nitrogens with one attached hydrogen (secondary N) is 1. The quantitative estimate of drug-likeness (QED) is 0.750. The molecule has 0 saturated heterocycles. The van der Waals surface area contributed by atoms with E-state index in [9.17, 15) is 0 Å². The third kappa shape index (κ3) is 5.40. The molecule has 1 unspecified atom stereocenters. The molecular formula is C14H21Cl2NS. The van der Waals surface area contributed by atoms with Crippen LogP contribution in [0, 0.1) is 0 Å². The number of halogens is 2. The standard InChI is InChI=1S/C14H21Cl2NS/c1-3-8-17-11(10-18-4-2)9-12-13(15)6-5-7-14(12)16/h5-7,11,17H,3-4,8-10H2,1-2H3. The van der Waals surface area contributed by atoms with Gasteiger partial charge in [0.2, 0.25) is 0 Å². The van der Waals surface area contributed by atoms with Gasteiger partial charge in [0, 0.05) is 21.8 Å². The lowest BCUT2D eigenvalue weighted by atomic mass is 10.1. The zero-order chi connectivity index (χ0) is 13.4. The molecular weight excluding hydrogens is 285 g/mol. The van der Waals surface area contributed by atoms with Crippen LogP contribution in [0.1, 0.15) is 25.8 Å². The third-order valence-corrected chi connectivity index (χ3v) is 4.47. The van der Waals surface area contributed by atoms with Crippen LogP contribution < -0.4 is 5.32 Å². The summed E-state index contributed by atoms with van der Waals surface area (Å²) in [6.07, 6.45) is 2.04. The molecule has 0 aromatic heterocycles. The average Bonchev–Trinajstić information content (AvgIpc) is 2.36. The van der Waals surface area contributed by atoms with Gasteiger partial charge in [0.1, 0.15) is 0 Å². The molecule has 1 aromatic rings. The van der Waals surface area contributed by atoms with Crippen LogP contribution in [0.15, 0.2) is 18.2 Å². The van der Waals surface area contributed by atoms with Gasteiger partial charge in [-0.15, -0.1) is 0 Å². The molecule has 0 bridgehead atoms. The highest BCUT2D eigenvalue weighted by molar-refractivity contribution is 7.99. The largest absolute Gasteiger partial charge is 0.313 e. The van der Waals surface area contributed by atoms with Crippen LogP contribution in [0.4, 0.5) is 0 Å². The zero-order valence-corrected chi connectivity index (χ0v) is 13.3. The van der Waals surface area contributed by atoms with Crippen molar-refractivity contribution < 1.29 is 0 Å². The van der Waals surface area contributed by atoms with E-state index in [1.54, 1.807) is 0 Å². The fourth-order valence-corrected chi connectivity index (χ4v) is 3.08. The lowest BCUT2D eigenvalue weighted by molar-refractivity contribution is 0.550. The first-order valence-corrected chi connectivity index (χ1v) is 8.34. The van der Waals surface area contributed by atoms with Crippen molar-refractivity contribution >= 4 is 35.0 Å². The molecule has 0 aliphatic carbocycles. The van der Waals surface area contributed by atoms with Crippen molar-refractivity contribution in [1.29, 1.82) is 0 Å². The molecule has 0 radical (unpaired) electrons. The maximum atomic E-state index is 6.22. The van der Waals surface area contributed by atoms with Crippen molar-refractivity contribution in [3.8, 4) is 0 Å². The topological polar surface area (TPSA) is 12.0 Å². The fraction of sp³-hybridized carbons (Fsp3) is 0.571. The maximum Gasteiger partial charge on any atom is 0.0453 e. The predicted octanol–water partition coefficient (Wildman–Crippen LogP) is 4.66. The molecule has 18 heavy (non-hydrogen) atoms. The molecule has 0 fully saturated rings. The van der Waals surface area contributed by atoms with Crippen molar-refractivity contribution in [3.05, 3.63) is 33.8 Å². The minimum absolute atomic E-state index is 0.437. The van der Waals surface area contributed by atoms with Crippen molar-refractivity contribution in [1.82, 2.24) is 5.32 Å². The molecule has 0 heterocycles. The second-order valence-electron chi connectivity index (χ2n) is 4.21. The average molecular weight is 306 g/mol. The normalized spacial score (nSPS) is 12.7. The van der Waals surface area contributed by atoms with Gasteiger partial charge in [-0.2, -0.15) is 11.8 Å². The highest BCUT2D eigenvalue weighted by Crippen LogP contribution is 2.26. The molecule has 1 N–H and O–H groups in total. The van der Waals surface area contributed by atoms with Gasteiger partial charge in [-0.3, -0.25) is 0 Å². The van der Waals surface area contributed by atoms with E-state index < -0.39 is 0 Å². The molecule has 0 aliphatic heterocycles. The molecule has 0 aliphatic rings. The Bertz CT molecular complexity index is 329. The maximum absolute atomic E-state index is 6.22. The van der Waals surface area contributed by atoms with Crippen LogP contribution in [0.25, 0.3) is 0 Å². The van der Waals surface area contributed by atoms with Crippen LogP contribution in [0.3, 0.4) is 0 Å². The smallest absolute Gasteiger partial charge is 0.0453 e. The minimum Gasteiger partial charge on any atom is -0.313 e. The number of hydrogen-bond donors (Lipinski definition) is 1. The van der Waals surface area contributed by atoms with Gasteiger partial charge in [-0.05, 0) is 42.8 Å². The predicted molar refractivity (Wildman–Crippen MR) is 85.2 cm³/mol. The Balaban J connectivity index is 2.68. The molecule has 1 nitrogen and oxygen atoms in total. The highest BCUT2D eigenvalue weighted by atomic mass is 35.5. The number of thioether (sulfide) groups is 1. The van der Waals surface area contributed by atoms with E-state index in [4.69, 9.17) is 23.2 Å². The molecule has 4 heteroatoms. The highest BCUT2D eigenvalue weighted by Gasteiger charge is 2.13. The second kappa shape index (κ2) is 9.08. The van der Waals surface area contributed by atoms with E-state index >= 15 is 0 Å². The van der Waals surface area contributed by atoms with E-state index in [1.165, 1.54) is 0 Å². The lowest BCUT2D eigenvalue weighted by Crippen LogP contribution is -2.34. The lowest BCUT2D eigenvalue weighted by Gasteiger charge is -2.19. The van der Waals surface area contributed by atoms with E-state index in [1.807, 2.05) is 30.0 Å². The number of rotatable bonds is 8. The van der Waals surface area contributed by atoms with Crippen LogP contribution in [-0.2, 0) is 6.42 Å². The summed E-state index contributed by atoms with van der Waals surface area (Å²) in [5, 5.41) is 5.11. The molecule has 1 aromatic carbocycles. The second-order valence-corrected chi connectivity index (χ2v) is 6.35. The van der Waals surface area contributed by atoms with Gasteiger partial charge < -0.3 is 5.32 Å². The van der Waals surface area contributed by atoms with Crippen molar-refractivity contribution in [2.24, 2.45) is 0 Å². The van der Waals surface area contributed by atoms with Crippen molar-refractivity contribution in [2.75, 3.05) is 18.1 Å². The van der Waals surface area contributed by atoms with Crippen LogP contribution in [0.2, 0.25) is 10.0 Å². The summed E-state index contributed by atoms with van der Waals surface area (Å²) in [6, 6.07) is 6.15. The van der Waals surface area contributed by atoms with Crippen LogP contribution in [-0.4, -0.2) is 24.1 Å². The Morgan fingerprint density at radius 2 is 1.89 bits per heavy atom. The van der Waals surface area contributed by atoms with Crippen LogP contribution >= 0.6 is 35.0 Å². The van der Waals surface area contributed by atoms with E-state index in [0.29, 0.717) is 6.04 Å². The first-order chi connectivity index (χ1) is 8.69. The first kappa shape index (κ1) is 16.2. The Hall–Kier alpha value is 0.110. The summed E-state index contributed by atoms with van der Waals surface area (Å²) in [5.74, 6) is 2.23. The molecule has 1 rings (SSSR count). The summed E-state index contributed by atoms with van der Waals surface area (Å²) in [7, 11) is 0. The van der Waals surface area contributed by atoms with E-state index in [-0.39, 0.29) is 0 Å². The van der Waals surface area contributed by atoms with Gasteiger partial charge in [0.05, 0.1) is 0 Å². The van der Waals surface area contributed by atoms with Crippen molar-refractivity contribution in [2.45, 2.75) is 32.7 Å². The summed E-state index contributed by atoms with van der Waals surface area (Å²) < 4.78 is 0. The fourth-order valence-electron chi connectivity index (χ4n) is 1.77. The Morgan fingerprint density at radius 3 is 2.44 bits per heavy atom. The Kier molecular flexibility index (Phi) is 8.16. The van der Waals surface area contributed by atoms with E-state index in [0.717, 1.165) is 46.5 Å². The van der Waals surface area contributed by atoms with Gasteiger partial charge in [-0.1, -0.05) is 43.1 Å². The SMILES string of the molecule is CCCNC(CSCC)Cc1c(Cl)cccc1Cl. The Morgan fingerprint density at radius 1 is 1.22 bits per heavy atom. The number of benzene rings is 1. The van der Waals surface area contributed by atoms with Gasteiger partial charge in [-0.25, -0.2) is 0 Å². The summed E-state index contributed by atoms with van der Waals surface area (Å²) >= 11 is 14.4. The van der Waals surface area contributed by atoms with E-state index in [2.05, 4.69) is 19.2 Å². The first-order valence-electron chi connectivity index (χ1n) is 6.43.